The zero-order chi connectivity index (χ0) is 13.3. The van der Waals surface area contributed by atoms with Crippen molar-refractivity contribution in [3.8, 4) is 0 Å². The highest BCUT2D eigenvalue weighted by Gasteiger charge is 2.36. The first kappa shape index (κ1) is 13.9. The van der Waals surface area contributed by atoms with Gasteiger partial charge in [0.25, 0.3) is 0 Å². The summed E-state index contributed by atoms with van der Waals surface area (Å²) in [5.41, 5.74) is 6.17. The molecule has 2 fully saturated rings. The summed E-state index contributed by atoms with van der Waals surface area (Å²) < 4.78 is 0. The van der Waals surface area contributed by atoms with Crippen LogP contribution in [0.4, 0.5) is 0 Å². The molecule has 0 aromatic rings. The molecule has 0 aromatic carbocycles. The van der Waals surface area contributed by atoms with Gasteiger partial charge in [-0.1, -0.05) is 20.8 Å². The zero-order valence-corrected chi connectivity index (χ0v) is 12.1. The highest BCUT2D eigenvalue weighted by atomic mass is 16.2. The fourth-order valence-electron chi connectivity index (χ4n) is 3.77. The van der Waals surface area contributed by atoms with E-state index in [0.717, 1.165) is 25.9 Å². The van der Waals surface area contributed by atoms with E-state index in [4.69, 9.17) is 5.73 Å². The van der Waals surface area contributed by atoms with Crippen molar-refractivity contribution in [3.05, 3.63) is 0 Å². The van der Waals surface area contributed by atoms with Gasteiger partial charge < -0.3 is 10.6 Å². The molecule has 1 aliphatic carbocycles. The van der Waals surface area contributed by atoms with Gasteiger partial charge in [0, 0.05) is 19.1 Å². The highest BCUT2D eigenvalue weighted by molar-refractivity contribution is 5.79. The smallest absolute Gasteiger partial charge is 0.227 e. The SMILES string of the molecule is CC1CCC(N)C(C(=O)N2CC(C)CC(C)C2)C1. The number of amides is 1. The second kappa shape index (κ2) is 5.60. The molecule has 3 heteroatoms. The molecule has 0 spiro atoms. The molecule has 0 aromatic heterocycles. The van der Waals surface area contributed by atoms with E-state index in [-0.39, 0.29) is 12.0 Å². The normalized spacial score (nSPS) is 41.8. The van der Waals surface area contributed by atoms with E-state index in [1.807, 2.05) is 0 Å². The van der Waals surface area contributed by atoms with Crippen LogP contribution in [0, 0.1) is 23.7 Å². The molecule has 1 heterocycles. The number of likely N-dealkylation sites (tertiary alicyclic amines) is 1. The Morgan fingerprint density at radius 2 is 1.61 bits per heavy atom. The maximum Gasteiger partial charge on any atom is 0.227 e. The molecular weight excluding hydrogens is 224 g/mol. The van der Waals surface area contributed by atoms with E-state index >= 15 is 0 Å². The molecule has 2 aliphatic rings. The lowest BCUT2D eigenvalue weighted by Crippen LogP contribution is -2.50. The van der Waals surface area contributed by atoms with E-state index < -0.39 is 0 Å². The molecule has 104 valence electrons. The second-order valence-corrected chi connectivity index (χ2v) is 6.88. The number of hydrogen-bond donors (Lipinski definition) is 1. The molecule has 5 unspecified atom stereocenters. The molecule has 2 N–H and O–H groups in total. The van der Waals surface area contributed by atoms with Crippen LogP contribution >= 0.6 is 0 Å². The fraction of sp³-hybridized carbons (Fsp3) is 0.933. The van der Waals surface area contributed by atoms with Crippen molar-refractivity contribution in [2.75, 3.05) is 13.1 Å². The van der Waals surface area contributed by atoms with Crippen LogP contribution in [-0.4, -0.2) is 29.9 Å². The van der Waals surface area contributed by atoms with Gasteiger partial charge in [-0.2, -0.15) is 0 Å². The Morgan fingerprint density at radius 1 is 1.00 bits per heavy atom. The Labute approximate surface area is 111 Å². The molecule has 0 bridgehead atoms. The van der Waals surface area contributed by atoms with Crippen LogP contribution in [0.15, 0.2) is 0 Å². The third-order valence-corrected chi connectivity index (χ3v) is 4.66. The van der Waals surface area contributed by atoms with Gasteiger partial charge in [-0.25, -0.2) is 0 Å². The van der Waals surface area contributed by atoms with Crippen molar-refractivity contribution in [1.82, 2.24) is 4.90 Å². The molecule has 0 radical (unpaired) electrons. The van der Waals surface area contributed by atoms with Crippen molar-refractivity contribution < 1.29 is 4.79 Å². The third kappa shape index (κ3) is 3.05. The first-order valence-electron chi connectivity index (χ1n) is 7.51. The molecule has 18 heavy (non-hydrogen) atoms. The Hall–Kier alpha value is -0.570. The number of hydrogen-bond acceptors (Lipinski definition) is 2. The van der Waals surface area contributed by atoms with Crippen LogP contribution in [0.25, 0.3) is 0 Å². The van der Waals surface area contributed by atoms with Crippen LogP contribution in [0.3, 0.4) is 0 Å². The molecule has 2 rings (SSSR count). The third-order valence-electron chi connectivity index (χ3n) is 4.66. The van der Waals surface area contributed by atoms with Gasteiger partial charge in [-0.05, 0) is 43.4 Å². The Bertz CT molecular complexity index is 295. The second-order valence-electron chi connectivity index (χ2n) is 6.88. The van der Waals surface area contributed by atoms with Crippen LogP contribution in [0.5, 0.6) is 0 Å². The van der Waals surface area contributed by atoms with Crippen molar-refractivity contribution in [3.63, 3.8) is 0 Å². The number of carbonyl (C=O) groups is 1. The largest absolute Gasteiger partial charge is 0.342 e. The first-order chi connectivity index (χ1) is 8.47. The van der Waals surface area contributed by atoms with Crippen LogP contribution < -0.4 is 5.73 Å². The van der Waals surface area contributed by atoms with Gasteiger partial charge in [0.05, 0.1) is 5.92 Å². The highest BCUT2D eigenvalue weighted by Crippen LogP contribution is 2.31. The summed E-state index contributed by atoms with van der Waals surface area (Å²) in [6.07, 6.45) is 4.42. The Kier molecular flexibility index (Phi) is 4.31. The predicted octanol–water partition coefficient (Wildman–Crippen LogP) is 2.25. The molecule has 1 amide bonds. The van der Waals surface area contributed by atoms with E-state index in [0.29, 0.717) is 23.7 Å². The van der Waals surface area contributed by atoms with Gasteiger partial charge in [0.2, 0.25) is 5.91 Å². The zero-order valence-electron chi connectivity index (χ0n) is 12.1. The van der Waals surface area contributed by atoms with Crippen molar-refractivity contribution >= 4 is 5.91 Å². The first-order valence-corrected chi connectivity index (χ1v) is 7.51. The number of carbonyl (C=O) groups excluding carboxylic acids is 1. The van der Waals surface area contributed by atoms with Gasteiger partial charge in [0.15, 0.2) is 0 Å². The maximum absolute atomic E-state index is 12.6. The molecule has 5 atom stereocenters. The summed E-state index contributed by atoms with van der Waals surface area (Å²) in [5.74, 6) is 2.32. The average molecular weight is 252 g/mol. The van der Waals surface area contributed by atoms with E-state index in [1.165, 1.54) is 12.8 Å². The number of piperidine rings is 1. The minimum absolute atomic E-state index is 0.0752. The molecule has 1 saturated carbocycles. The molecule has 1 saturated heterocycles. The quantitative estimate of drug-likeness (QED) is 0.778. The fourth-order valence-corrected chi connectivity index (χ4v) is 3.77. The summed E-state index contributed by atoms with van der Waals surface area (Å²) in [4.78, 5) is 14.7. The van der Waals surface area contributed by atoms with E-state index in [1.54, 1.807) is 0 Å². The maximum atomic E-state index is 12.6. The summed E-state index contributed by atoms with van der Waals surface area (Å²) in [6, 6.07) is 0.0845. The topological polar surface area (TPSA) is 46.3 Å². The predicted molar refractivity (Wildman–Crippen MR) is 74.0 cm³/mol. The van der Waals surface area contributed by atoms with Crippen molar-refractivity contribution in [2.24, 2.45) is 29.4 Å². The summed E-state index contributed by atoms with van der Waals surface area (Å²) >= 11 is 0. The minimum atomic E-state index is 0.0752. The van der Waals surface area contributed by atoms with Crippen LogP contribution in [0.2, 0.25) is 0 Å². The molecule has 3 nitrogen and oxygen atoms in total. The van der Waals surface area contributed by atoms with Gasteiger partial charge in [-0.3, -0.25) is 4.79 Å². The van der Waals surface area contributed by atoms with Crippen molar-refractivity contribution in [1.29, 1.82) is 0 Å². The monoisotopic (exact) mass is 252 g/mol. The van der Waals surface area contributed by atoms with E-state index in [9.17, 15) is 4.79 Å². The van der Waals surface area contributed by atoms with Gasteiger partial charge in [0.1, 0.15) is 0 Å². The Balaban J connectivity index is 2.01. The lowest BCUT2D eigenvalue weighted by molar-refractivity contribution is -0.140. The summed E-state index contributed by atoms with van der Waals surface area (Å²) in [7, 11) is 0. The van der Waals surface area contributed by atoms with Crippen LogP contribution in [0.1, 0.15) is 46.5 Å². The molecular formula is C15H28N2O. The minimum Gasteiger partial charge on any atom is -0.342 e. The average Bonchev–Trinajstić information content (AvgIpc) is 2.30. The lowest BCUT2D eigenvalue weighted by Gasteiger charge is -2.40. The van der Waals surface area contributed by atoms with Gasteiger partial charge >= 0.3 is 0 Å². The Morgan fingerprint density at radius 3 is 2.22 bits per heavy atom. The summed E-state index contributed by atoms with van der Waals surface area (Å²) in [5, 5.41) is 0. The number of nitrogens with zero attached hydrogens (tertiary/aromatic N) is 1. The van der Waals surface area contributed by atoms with Crippen molar-refractivity contribution in [2.45, 2.75) is 52.5 Å². The van der Waals surface area contributed by atoms with Crippen LogP contribution in [-0.2, 0) is 4.79 Å². The number of nitrogens with two attached hydrogens (primary N) is 1. The van der Waals surface area contributed by atoms with Gasteiger partial charge in [-0.15, -0.1) is 0 Å². The standard InChI is InChI=1S/C15H28N2O/c1-10-4-5-14(16)13(7-10)15(18)17-8-11(2)6-12(3)9-17/h10-14H,4-9,16H2,1-3H3. The van der Waals surface area contributed by atoms with E-state index in [2.05, 4.69) is 25.7 Å². The lowest BCUT2D eigenvalue weighted by atomic mass is 9.78. The summed E-state index contributed by atoms with van der Waals surface area (Å²) in [6.45, 7) is 8.61. The molecule has 1 aliphatic heterocycles. The number of rotatable bonds is 1.